The fourth-order valence-corrected chi connectivity index (χ4v) is 1.74. The molecule has 0 bridgehead atoms. The summed E-state index contributed by atoms with van der Waals surface area (Å²) in [5.41, 5.74) is 1.99. The highest BCUT2D eigenvalue weighted by Crippen LogP contribution is 2.22. The van der Waals surface area contributed by atoms with Gasteiger partial charge in [-0.1, -0.05) is 12.1 Å². The first kappa shape index (κ1) is 12.3. The number of aryl methyl sites for hydroxylation is 1. The van der Waals surface area contributed by atoms with Crippen molar-refractivity contribution in [2.24, 2.45) is 0 Å². The summed E-state index contributed by atoms with van der Waals surface area (Å²) < 4.78 is 10.8. The summed E-state index contributed by atoms with van der Waals surface area (Å²) in [7, 11) is 1.64. The van der Waals surface area contributed by atoms with E-state index in [0.29, 0.717) is 12.4 Å². The van der Waals surface area contributed by atoms with Gasteiger partial charge >= 0.3 is 0 Å². The quantitative estimate of drug-likeness (QED) is 0.897. The van der Waals surface area contributed by atoms with Crippen LogP contribution in [0, 0.1) is 6.92 Å². The number of aromatic hydroxyl groups is 1. The van der Waals surface area contributed by atoms with Crippen LogP contribution in [0.4, 0.5) is 0 Å². The average Bonchev–Trinajstić information content (AvgIpc) is 2.35. The van der Waals surface area contributed by atoms with E-state index in [1.807, 2.05) is 37.3 Å². The van der Waals surface area contributed by atoms with E-state index >= 15 is 0 Å². The topological polar surface area (TPSA) is 38.7 Å². The minimum Gasteiger partial charge on any atom is -0.508 e. The van der Waals surface area contributed by atoms with Crippen molar-refractivity contribution in [1.82, 2.24) is 0 Å². The fraction of sp³-hybridized carbons (Fsp3) is 0.200. The maximum atomic E-state index is 9.47. The van der Waals surface area contributed by atoms with Crippen LogP contribution in [-0.4, -0.2) is 12.2 Å². The lowest BCUT2D eigenvalue weighted by Crippen LogP contribution is -1.96. The van der Waals surface area contributed by atoms with Gasteiger partial charge in [-0.25, -0.2) is 0 Å². The Kier molecular flexibility index (Phi) is 3.72. The van der Waals surface area contributed by atoms with Crippen LogP contribution in [0.5, 0.6) is 17.2 Å². The largest absolute Gasteiger partial charge is 0.508 e. The lowest BCUT2D eigenvalue weighted by molar-refractivity contribution is 0.303. The molecule has 0 saturated carbocycles. The molecule has 0 aliphatic heterocycles. The Bertz CT molecular complexity index is 515. The van der Waals surface area contributed by atoms with Crippen molar-refractivity contribution in [3.63, 3.8) is 0 Å². The second kappa shape index (κ2) is 5.45. The maximum Gasteiger partial charge on any atom is 0.123 e. The summed E-state index contributed by atoms with van der Waals surface area (Å²) in [6.07, 6.45) is 0. The number of benzene rings is 2. The molecule has 0 saturated heterocycles. The van der Waals surface area contributed by atoms with Crippen LogP contribution >= 0.6 is 0 Å². The van der Waals surface area contributed by atoms with Crippen molar-refractivity contribution in [3.8, 4) is 17.2 Å². The molecule has 1 N–H and O–H groups in total. The predicted octanol–water partition coefficient (Wildman–Crippen LogP) is 3.29. The summed E-state index contributed by atoms with van der Waals surface area (Å²) in [6, 6.07) is 12.9. The molecule has 94 valence electrons. The van der Waals surface area contributed by atoms with E-state index in [9.17, 15) is 5.11 Å². The highest BCUT2D eigenvalue weighted by atomic mass is 16.5. The molecule has 2 aromatic carbocycles. The maximum absolute atomic E-state index is 9.47. The van der Waals surface area contributed by atoms with Crippen LogP contribution in [0.3, 0.4) is 0 Å². The molecule has 0 unspecified atom stereocenters. The van der Waals surface area contributed by atoms with E-state index in [0.717, 1.165) is 16.9 Å². The van der Waals surface area contributed by atoms with Crippen LogP contribution in [0.2, 0.25) is 0 Å². The second-order valence-electron chi connectivity index (χ2n) is 4.14. The van der Waals surface area contributed by atoms with Gasteiger partial charge in [0.25, 0.3) is 0 Å². The molecule has 0 fully saturated rings. The third-order valence-electron chi connectivity index (χ3n) is 2.58. The van der Waals surface area contributed by atoms with Crippen LogP contribution in [-0.2, 0) is 6.61 Å². The molecule has 0 aromatic heterocycles. The molecule has 3 heteroatoms. The Labute approximate surface area is 107 Å². The normalized spacial score (nSPS) is 10.1. The zero-order valence-corrected chi connectivity index (χ0v) is 10.5. The van der Waals surface area contributed by atoms with Gasteiger partial charge in [-0.15, -0.1) is 0 Å². The molecule has 0 atom stereocenters. The van der Waals surface area contributed by atoms with Crippen molar-refractivity contribution >= 4 is 0 Å². The average molecular weight is 244 g/mol. The summed E-state index contributed by atoms with van der Waals surface area (Å²) in [5, 5.41) is 9.47. The van der Waals surface area contributed by atoms with E-state index in [1.165, 1.54) is 0 Å². The molecule has 3 nitrogen and oxygen atoms in total. The Hall–Kier alpha value is -2.16. The van der Waals surface area contributed by atoms with E-state index in [2.05, 4.69) is 0 Å². The van der Waals surface area contributed by atoms with Crippen LogP contribution in [0.25, 0.3) is 0 Å². The van der Waals surface area contributed by atoms with E-state index in [4.69, 9.17) is 9.47 Å². The van der Waals surface area contributed by atoms with Gasteiger partial charge in [-0.3, -0.25) is 0 Å². The van der Waals surface area contributed by atoms with Crippen molar-refractivity contribution < 1.29 is 14.6 Å². The fourth-order valence-electron chi connectivity index (χ4n) is 1.74. The Morgan fingerprint density at radius 1 is 1.06 bits per heavy atom. The molecule has 0 aliphatic carbocycles. The summed E-state index contributed by atoms with van der Waals surface area (Å²) >= 11 is 0. The lowest BCUT2D eigenvalue weighted by Gasteiger charge is -2.08. The van der Waals surface area contributed by atoms with Crippen molar-refractivity contribution in [2.45, 2.75) is 13.5 Å². The Morgan fingerprint density at radius 2 is 1.89 bits per heavy atom. The zero-order chi connectivity index (χ0) is 13.0. The Balaban J connectivity index is 2.06. The van der Waals surface area contributed by atoms with Gasteiger partial charge in [-0.2, -0.15) is 0 Å². The molecular formula is C15H16O3. The third-order valence-corrected chi connectivity index (χ3v) is 2.58. The van der Waals surface area contributed by atoms with Crippen molar-refractivity contribution in [1.29, 1.82) is 0 Å². The molecule has 0 amide bonds. The van der Waals surface area contributed by atoms with Gasteiger partial charge in [0.2, 0.25) is 0 Å². The van der Waals surface area contributed by atoms with Crippen LogP contribution < -0.4 is 9.47 Å². The zero-order valence-electron chi connectivity index (χ0n) is 10.5. The van der Waals surface area contributed by atoms with Gasteiger partial charge in [0.05, 0.1) is 7.11 Å². The number of rotatable bonds is 4. The van der Waals surface area contributed by atoms with Crippen LogP contribution in [0.15, 0.2) is 42.5 Å². The summed E-state index contributed by atoms with van der Waals surface area (Å²) in [5.74, 6) is 1.69. The van der Waals surface area contributed by atoms with Gasteiger partial charge < -0.3 is 14.6 Å². The number of ether oxygens (including phenoxy) is 2. The van der Waals surface area contributed by atoms with Gasteiger partial charge in [-0.05, 0) is 42.3 Å². The monoisotopic (exact) mass is 244 g/mol. The summed E-state index contributed by atoms with van der Waals surface area (Å²) in [6.45, 7) is 2.36. The number of phenolic OH excluding ortho intramolecular Hbond substituents is 1. The van der Waals surface area contributed by atoms with Crippen LogP contribution in [0.1, 0.15) is 11.1 Å². The third kappa shape index (κ3) is 3.17. The van der Waals surface area contributed by atoms with Crippen molar-refractivity contribution in [2.75, 3.05) is 7.11 Å². The molecule has 0 heterocycles. The molecule has 18 heavy (non-hydrogen) atoms. The number of hydrogen-bond donors (Lipinski definition) is 1. The first-order chi connectivity index (χ1) is 8.67. The highest BCUT2D eigenvalue weighted by Gasteiger charge is 2.00. The van der Waals surface area contributed by atoms with Gasteiger partial charge in [0, 0.05) is 6.07 Å². The Morgan fingerprint density at radius 3 is 2.61 bits per heavy atom. The van der Waals surface area contributed by atoms with Gasteiger partial charge in [0.15, 0.2) is 0 Å². The minimum absolute atomic E-state index is 0.218. The van der Waals surface area contributed by atoms with Gasteiger partial charge in [0.1, 0.15) is 23.9 Å². The standard InChI is InChI=1S/C15H16O3/c1-11-6-13(16)9-15(7-11)18-10-12-4-3-5-14(8-12)17-2/h3-9,16H,10H2,1-2H3. The predicted molar refractivity (Wildman–Crippen MR) is 70.2 cm³/mol. The molecule has 0 radical (unpaired) electrons. The summed E-state index contributed by atoms with van der Waals surface area (Å²) in [4.78, 5) is 0. The molecular weight excluding hydrogens is 228 g/mol. The van der Waals surface area contributed by atoms with E-state index in [1.54, 1.807) is 19.2 Å². The smallest absolute Gasteiger partial charge is 0.123 e. The molecule has 0 aliphatic rings. The van der Waals surface area contributed by atoms with E-state index < -0.39 is 0 Å². The number of hydrogen-bond acceptors (Lipinski definition) is 3. The first-order valence-corrected chi connectivity index (χ1v) is 5.74. The molecule has 0 spiro atoms. The van der Waals surface area contributed by atoms with Crippen molar-refractivity contribution in [3.05, 3.63) is 53.6 Å². The van der Waals surface area contributed by atoms with E-state index in [-0.39, 0.29) is 5.75 Å². The molecule has 2 rings (SSSR count). The SMILES string of the molecule is COc1cccc(COc2cc(C)cc(O)c2)c1. The second-order valence-corrected chi connectivity index (χ2v) is 4.14. The number of methoxy groups -OCH3 is 1. The highest BCUT2D eigenvalue weighted by molar-refractivity contribution is 5.37. The minimum atomic E-state index is 0.218. The lowest BCUT2D eigenvalue weighted by atomic mass is 10.2. The number of phenols is 1. The first-order valence-electron chi connectivity index (χ1n) is 5.74. The molecule has 2 aromatic rings.